The zero-order valence-corrected chi connectivity index (χ0v) is 14.4. The lowest BCUT2D eigenvalue weighted by Crippen LogP contribution is -2.37. The Hall–Kier alpha value is -2.96. The topological polar surface area (TPSA) is 93.1 Å². The molecule has 0 spiro atoms. The lowest BCUT2D eigenvalue weighted by Gasteiger charge is -2.26. The smallest absolute Gasteiger partial charge is 0.242 e. The average Bonchev–Trinajstić information content (AvgIpc) is 2.81. The number of amides is 2. The number of aromatic nitrogens is 2. The van der Waals surface area contributed by atoms with Crippen LogP contribution in [0.3, 0.4) is 0 Å². The summed E-state index contributed by atoms with van der Waals surface area (Å²) in [6.07, 6.45) is 0.193. The number of hydrogen-bond acceptors (Lipinski definition) is 4. The number of nitrogens with one attached hydrogen (secondary N) is 2. The molecule has 7 nitrogen and oxygen atoms in total. The third-order valence-corrected chi connectivity index (χ3v) is 4.36. The van der Waals surface area contributed by atoms with E-state index in [1.807, 2.05) is 24.3 Å². The van der Waals surface area contributed by atoms with Gasteiger partial charge in [0.2, 0.25) is 11.8 Å². The van der Waals surface area contributed by atoms with Gasteiger partial charge in [-0.15, -0.1) is 0 Å². The van der Waals surface area contributed by atoms with E-state index in [2.05, 4.69) is 15.7 Å². The molecule has 1 aromatic heterocycles. The van der Waals surface area contributed by atoms with Gasteiger partial charge in [0.05, 0.1) is 23.7 Å². The second kappa shape index (κ2) is 6.51. The van der Waals surface area contributed by atoms with Crippen molar-refractivity contribution >= 4 is 23.3 Å². The molecule has 2 aromatic rings. The van der Waals surface area contributed by atoms with Crippen LogP contribution in [0.4, 0.5) is 5.69 Å². The fraction of sp³-hybridized carbons (Fsp3) is 0.333. The first-order chi connectivity index (χ1) is 11.9. The highest BCUT2D eigenvalue weighted by Gasteiger charge is 2.26. The fourth-order valence-electron chi connectivity index (χ4n) is 3.28. The van der Waals surface area contributed by atoms with Crippen LogP contribution in [0.2, 0.25) is 0 Å². The van der Waals surface area contributed by atoms with Crippen molar-refractivity contribution < 1.29 is 14.4 Å². The molecular weight excluding hydrogens is 320 g/mol. The Balaban J connectivity index is 1.77. The molecule has 0 fully saturated rings. The Labute approximate surface area is 145 Å². The first-order valence-corrected chi connectivity index (χ1v) is 8.10. The van der Waals surface area contributed by atoms with Gasteiger partial charge >= 0.3 is 0 Å². The minimum atomic E-state index is -0.373. The van der Waals surface area contributed by atoms with E-state index in [9.17, 15) is 14.4 Å². The molecular formula is C18H20N4O3. The zero-order valence-electron chi connectivity index (χ0n) is 14.4. The molecule has 1 aliphatic rings. The Morgan fingerprint density at radius 1 is 1.32 bits per heavy atom. The molecule has 3 rings (SSSR count). The maximum Gasteiger partial charge on any atom is 0.242 e. The number of anilines is 1. The highest BCUT2D eigenvalue weighted by atomic mass is 16.2. The lowest BCUT2D eigenvalue weighted by molar-refractivity contribution is -0.123. The van der Waals surface area contributed by atoms with Crippen molar-refractivity contribution in [2.45, 2.75) is 39.8 Å². The number of aryl methyl sites for hydroxylation is 1. The van der Waals surface area contributed by atoms with Gasteiger partial charge < -0.3 is 10.6 Å². The van der Waals surface area contributed by atoms with Crippen molar-refractivity contribution in [3.05, 3.63) is 46.8 Å². The molecule has 2 N–H and O–H groups in total. The molecule has 2 amide bonds. The molecule has 0 saturated heterocycles. The number of carbonyl (C=O) groups is 3. The summed E-state index contributed by atoms with van der Waals surface area (Å²) in [4.78, 5) is 36.0. The summed E-state index contributed by atoms with van der Waals surface area (Å²) >= 11 is 0. The third kappa shape index (κ3) is 3.31. The van der Waals surface area contributed by atoms with E-state index < -0.39 is 0 Å². The van der Waals surface area contributed by atoms with Gasteiger partial charge in [-0.2, -0.15) is 5.10 Å². The van der Waals surface area contributed by atoms with Gasteiger partial charge in [-0.3, -0.25) is 19.1 Å². The highest BCUT2D eigenvalue weighted by molar-refractivity contribution is 5.96. The van der Waals surface area contributed by atoms with Crippen molar-refractivity contribution in [1.29, 1.82) is 0 Å². The van der Waals surface area contributed by atoms with Crippen molar-refractivity contribution in [3.63, 3.8) is 0 Å². The minimum Gasteiger partial charge on any atom is -0.347 e. The van der Waals surface area contributed by atoms with Crippen molar-refractivity contribution in [1.82, 2.24) is 15.1 Å². The van der Waals surface area contributed by atoms with Gasteiger partial charge in [-0.1, -0.05) is 18.2 Å². The molecule has 2 heterocycles. The Kier molecular flexibility index (Phi) is 4.39. The quantitative estimate of drug-likeness (QED) is 0.832. The van der Waals surface area contributed by atoms with Crippen LogP contribution in [0.1, 0.15) is 46.7 Å². The van der Waals surface area contributed by atoms with E-state index in [0.717, 1.165) is 5.56 Å². The van der Waals surface area contributed by atoms with Crippen LogP contribution in [0.5, 0.6) is 0 Å². The van der Waals surface area contributed by atoms with Crippen LogP contribution >= 0.6 is 0 Å². The SMILES string of the molecule is CC(=O)c1c(C)nn(CC(=O)N[C@@H]2CC(=O)Nc3ccccc32)c1C. The molecule has 130 valence electrons. The molecule has 0 saturated carbocycles. The van der Waals surface area contributed by atoms with E-state index in [0.29, 0.717) is 22.6 Å². The largest absolute Gasteiger partial charge is 0.347 e. The Morgan fingerprint density at radius 3 is 2.72 bits per heavy atom. The summed E-state index contributed by atoms with van der Waals surface area (Å²) in [6, 6.07) is 7.03. The number of Topliss-reactive ketones (excluding diaryl/α,β-unsaturated/α-hetero) is 1. The van der Waals surface area contributed by atoms with E-state index >= 15 is 0 Å². The molecule has 0 radical (unpaired) electrons. The zero-order chi connectivity index (χ0) is 18.1. The van der Waals surface area contributed by atoms with Crippen LogP contribution < -0.4 is 10.6 Å². The summed E-state index contributed by atoms with van der Waals surface area (Å²) < 4.78 is 1.52. The summed E-state index contributed by atoms with van der Waals surface area (Å²) in [6.45, 7) is 5.01. The first kappa shape index (κ1) is 16.9. The summed E-state index contributed by atoms with van der Waals surface area (Å²) in [7, 11) is 0. The number of carbonyl (C=O) groups excluding carboxylic acids is 3. The first-order valence-electron chi connectivity index (χ1n) is 8.10. The maximum absolute atomic E-state index is 12.5. The van der Waals surface area contributed by atoms with E-state index in [-0.39, 0.29) is 36.6 Å². The monoisotopic (exact) mass is 340 g/mol. The predicted molar refractivity (Wildman–Crippen MR) is 92.3 cm³/mol. The molecule has 25 heavy (non-hydrogen) atoms. The molecule has 0 unspecified atom stereocenters. The molecule has 1 aliphatic heterocycles. The summed E-state index contributed by atoms with van der Waals surface area (Å²) in [5.41, 5.74) is 3.43. The average molecular weight is 340 g/mol. The molecule has 0 bridgehead atoms. The minimum absolute atomic E-state index is 0.000237. The molecule has 0 aliphatic carbocycles. The van der Waals surface area contributed by atoms with Crippen molar-refractivity contribution in [3.8, 4) is 0 Å². The number of benzene rings is 1. The Morgan fingerprint density at radius 2 is 2.04 bits per heavy atom. The third-order valence-electron chi connectivity index (χ3n) is 4.36. The van der Waals surface area contributed by atoms with Crippen LogP contribution in [0.15, 0.2) is 24.3 Å². The van der Waals surface area contributed by atoms with Gasteiger partial charge in [0.1, 0.15) is 6.54 Å². The van der Waals surface area contributed by atoms with Crippen LogP contribution in [0, 0.1) is 13.8 Å². The van der Waals surface area contributed by atoms with Crippen LogP contribution in [-0.2, 0) is 16.1 Å². The number of para-hydroxylation sites is 1. The van der Waals surface area contributed by atoms with E-state index in [1.165, 1.54) is 11.6 Å². The molecule has 7 heteroatoms. The number of nitrogens with zero attached hydrogens (tertiary/aromatic N) is 2. The normalized spacial score (nSPS) is 16.1. The molecule has 1 aromatic carbocycles. The van der Waals surface area contributed by atoms with E-state index in [1.54, 1.807) is 13.8 Å². The lowest BCUT2D eigenvalue weighted by atomic mass is 9.97. The van der Waals surface area contributed by atoms with Gasteiger partial charge in [0.25, 0.3) is 0 Å². The highest BCUT2D eigenvalue weighted by Crippen LogP contribution is 2.29. The standard InChI is InChI=1S/C18H20N4O3/c1-10-18(12(3)23)11(2)22(21-10)9-17(25)20-15-8-16(24)19-14-7-5-4-6-13(14)15/h4-7,15H,8-9H2,1-3H3,(H,19,24)(H,20,25)/t15-/m1/s1. The Bertz CT molecular complexity index is 869. The molecule has 1 atom stereocenters. The van der Waals surface area contributed by atoms with Crippen LogP contribution in [-0.4, -0.2) is 27.4 Å². The van der Waals surface area contributed by atoms with Crippen molar-refractivity contribution in [2.24, 2.45) is 0 Å². The fourth-order valence-corrected chi connectivity index (χ4v) is 3.28. The van der Waals surface area contributed by atoms with Crippen LogP contribution in [0.25, 0.3) is 0 Å². The second-order valence-electron chi connectivity index (χ2n) is 6.22. The van der Waals surface area contributed by atoms with Crippen molar-refractivity contribution in [2.75, 3.05) is 5.32 Å². The number of hydrogen-bond donors (Lipinski definition) is 2. The summed E-state index contributed by atoms with van der Waals surface area (Å²) in [5.74, 6) is -0.455. The van der Waals surface area contributed by atoms with Gasteiger partial charge in [0.15, 0.2) is 5.78 Å². The summed E-state index contributed by atoms with van der Waals surface area (Å²) in [5, 5.41) is 9.97. The maximum atomic E-state index is 12.5. The number of fused-ring (bicyclic) bond motifs is 1. The number of rotatable bonds is 4. The predicted octanol–water partition coefficient (Wildman–Crippen LogP) is 1.90. The van der Waals surface area contributed by atoms with Gasteiger partial charge in [-0.05, 0) is 32.4 Å². The van der Waals surface area contributed by atoms with Gasteiger partial charge in [0, 0.05) is 11.4 Å². The van der Waals surface area contributed by atoms with Gasteiger partial charge in [-0.25, -0.2) is 0 Å². The number of ketones is 1. The van der Waals surface area contributed by atoms with E-state index in [4.69, 9.17) is 0 Å². The second-order valence-corrected chi connectivity index (χ2v) is 6.22.